The van der Waals surface area contributed by atoms with E-state index >= 15 is 0 Å². The maximum Gasteiger partial charge on any atom is 0.242 e. The summed E-state index contributed by atoms with van der Waals surface area (Å²) in [5.74, 6) is 0.00142. The quantitative estimate of drug-likeness (QED) is 0.820. The Hall–Kier alpha value is -1.92. The molecule has 148 valence electrons. The van der Waals surface area contributed by atoms with Crippen molar-refractivity contribution in [3.05, 3.63) is 35.9 Å². The highest BCUT2D eigenvalue weighted by atomic mass is 16.5. The van der Waals surface area contributed by atoms with Crippen molar-refractivity contribution in [2.24, 2.45) is 0 Å². The van der Waals surface area contributed by atoms with E-state index in [2.05, 4.69) is 24.1 Å². The lowest BCUT2D eigenvalue weighted by atomic mass is 10.0. The number of benzene rings is 1. The van der Waals surface area contributed by atoms with Crippen LogP contribution in [0.4, 0.5) is 0 Å². The van der Waals surface area contributed by atoms with E-state index in [0.29, 0.717) is 19.5 Å². The van der Waals surface area contributed by atoms with E-state index < -0.39 is 0 Å². The molecule has 2 saturated heterocycles. The number of likely N-dealkylation sites (tertiary alicyclic amines) is 1. The van der Waals surface area contributed by atoms with Gasteiger partial charge in [0.1, 0.15) is 6.04 Å². The third kappa shape index (κ3) is 5.08. The Morgan fingerprint density at radius 1 is 1.15 bits per heavy atom. The summed E-state index contributed by atoms with van der Waals surface area (Å²) in [5, 5.41) is 3.10. The van der Waals surface area contributed by atoms with Crippen LogP contribution in [0, 0.1) is 0 Å². The first kappa shape index (κ1) is 19.8. The molecule has 0 bridgehead atoms. The van der Waals surface area contributed by atoms with E-state index in [4.69, 9.17) is 4.74 Å². The van der Waals surface area contributed by atoms with Gasteiger partial charge in [0.25, 0.3) is 0 Å². The van der Waals surface area contributed by atoms with Crippen molar-refractivity contribution in [2.45, 2.75) is 44.7 Å². The molecule has 1 aromatic rings. The number of carbonyl (C=O) groups excluding carboxylic acids is 2. The van der Waals surface area contributed by atoms with Gasteiger partial charge < -0.3 is 15.0 Å². The highest BCUT2D eigenvalue weighted by Gasteiger charge is 2.35. The first-order valence-electron chi connectivity index (χ1n) is 9.91. The molecule has 1 N–H and O–H groups in total. The second-order valence-electron chi connectivity index (χ2n) is 8.04. The van der Waals surface area contributed by atoms with E-state index in [0.717, 1.165) is 44.7 Å². The number of carbonyl (C=O) groups is 2. The van der Waals surface area contributed by atoms with Gasteiger partial charge in [-0.1, -0.05) is 30.3 Å². The zero-order valence-corrected chi connectivity index (χ0v) is 16.4. The average Bonchev–Trinajstić information content (AvgIpc) is 3.18. The second-order valence-corrected chi connectivity index (χ2v) is 8.04. The van der Waals surface area contributed by atoms with Gasteiger partial charge in [-0.3, -0.25) is 14.5 Å². The number of morpholine rings is 1. The predicted octanol–water partition coefficient (Wildman–Crippen LogP) is 1.45. The molecule has 0 spiro atoms. The molecular weight excluding hydrogens is 342 g/mol. The number of ether oxygens (including phenoxy) is 1. The highest BCUT2D eigenvalue weighted by molar-refractivity contribution is 5.89. The summed E-state index contributed by atoms with van der Waals surface area (Å²) in [7, 11) is 0. The van der Waals surface area contributed by atoms with Gasteiger partial charge in [0.15, 0.2) is 0 Å². The number of amides is 2. The van der Waals surface area contributed by atoms with Crippen molar-refractivity contribution < 1.29 is 14.3 Å². The van der Waals surface area contributed by atoms with Crippen LogP contribution in [0.3, 0.4) is 0 Å². The lowest BCUT2D eigenvalue weighted by Crippen LogP contribution is -2.57. The molecule has 0 radical (unpaired) electrons. The first-order valence-corrected chi connectivity index (χ1v) is 9.91. The van der Waals surface area contributed by atoms with Crippen LogP contribution in [0.2, 0.25) is 0 Å². The number of hydrogen-bond acceptors (Lipinski definition) is 4. The molecule has 6 heteroatoms. The molecule has 2 aliphatic rings. The van der Waals surface area contributed by atoms with Gasteiger partial charge in [-0.05, 0) is 32.3 Å². The molecule has 27 heavy (non-hydrogen) atoms. The summed E-state index contributed by atoms with van der Waals surface area (Å²) in [4.78, 5) is 29.6. The fraction of sp³-hybridized carbons (Fsp3) is 0.619. The van der Waals surface area contributed by atoms with Crippen molar-refractivity contribution in [3.8, 4) is 0 Å². The Kier molecular flexibility index (Phi) is 6.50. The van der Waals surface area contributed by atoms with Crippen LogP contribution in [-0.2, 0) is 20.7 Å². The molecular formula is C21H31N3O3. The van der Waals surface area contributed by atoms with Gasteiger partial charge in [-0.2, -0.15) is 0 Å². The van der Waals surface area contributed by atoms with Crippen molar-refractivity contribution in [1.82, 2.24) is 15.1 Å². The zero-order valence-electron chi connectivity index (χ0n) is 16.4. The Morgan fingerprint density at radius 2 is 1.85 bits per heavy atom. The Balaban J connectivity index is 1.54. The Morgan fingerprint density at radius 3 is 2.56 bits per heavy atom. The molecule has 2 aliphatic heterocycles. The van der Waals surface area contributed by atoms with Crippen LogP contribution >= 0.6 is 0 Å². The zero-order chi connectivity index (χ0) is 19.3. The van der Waals surface area contributed by atoms with Crippen LogP contribution in [0.15, 0.2) is 30.3 Å². The molecule has 1 aromatic carbocycles. The minimum absolute atomic E-state index is 0.0322. The van der Waals surface area contributed by atoms with Crippen LogP contribution in [0.1, 0.15) is 32.3 Å². The van der Waals surface area contributed by atoms with Gasteiger partial charge >= 0.3 is 0 Å². The highest BCUT2D eigenvalue weighted by Crippen LogP contribution is 2.20. The maximum atomic E-state index is 12.8. The number of hydrogen-bond donors (Lipinski definition) is 1. The standard InChI is InChI=1S/C21H31N3O3/c1-21(2,23-11-13-27-14-12-23)16-22-20(26)18-9-6-10-24(18)19(25)15-17-7-4-3-5-8-17/h3-5,7-8,18H,6,9-16H2,1-2H3,(H,22,26). The summed E-state index contributed by atoms with van der Waals surface area (Å²) >= 11 is 0. The molecule has 2 fully saturated rings. The van der Waals surface area contributed by atoms with Crippen LogP contribution in [0.5, 0.6) is 0 Å². The minimum atomic E-state index is -0.346. The molecule has 2 heterocycles. The summed E-state index contributed by atoms with van der Waals surface area (Å²) < 4.78 is 5.42. The van der Waals surface area contributed by atoms with Crippen LogP contribution in [-0.4, -0.2) is 72.6 Å². The molecule has 6 nitrogen and oxygen atoms in total. The topological polar surface area (TPSA) is 61.9 Å². The van der Waals surface area contributed by atoms with E-state index in [1.54, 1.807) is 4.90 Å². The van der Waals surface area contributed by atoms with Crippen molar-refractivity contribution >= 4 is 11.8 Å². The van der Waals surface area contributed by atoms with Crippen LogP contribution < -0.4 is 5.32 Å². The maximum absolute atomic E-state index is 12.8. The normalized spacial score (nSPS) is 21.3. The summed E-state index contributed by atoms with van der Waals surface area (Å²) in [5.41, 5.74) is 0.860. The van der Waals surface area contributed by atoms with E-state index in [1.807, 2.05) is 30.3 Å². The van der Waals surface area contributed by atoms with Crippen molar-refractivity contribution in [2.75, 3.05) is 39.4 Å². The third-order valence-electron chi connectivity index (χ3n) is 5.64. The van der Waals surface area contributed by atoms with Gasteiger partial charge in [-0.15, -0.1) is 0 Å². The Labute approximate surface area is 161 Å². The molecule has 3 rings (SSSR count). The van der Waals surface area contributed by atoms with Gasteiger partial charge in [0, 0.05) is 31.7 Å². The van der Waals surface area contributed by atoms with Crippen molar-refractivity contribution in [1.29, 1.82) is 0 Å². The molecule has 1 atom stereocenters. The smallest absolute Gasteiger partial charge is 0.242 e. The number of rotatable bonds is 6. The second kappa shape index (κ2) is 8.85. The number of nitrogens with one attached hydrogen (secondary N) is 1. The average molecular weight is 373 g/mol. The van der Waals surface area contributed by atoms with Crippen molar-refractivity contribution in [3.63, 3.8) is 0 Å². The number of nitrogens with zero attached hydrogens (tertiary/aromatic N) is 2. The summed E-state index contributed by atoms with van der Waals surface area (Å²) in [6.07, 6.45) is 1.97. The molecule has 0 saturated carbocycles. The summed E-state index contributed by atoms with van der Waals surface area (Å²) in [6, 6.07) is 9.37. The molecule has 1 unspecified atom stereocenters. The SMILES string of the molecule is CC(C)(CNC(=O)C1CCCN1C(=O)Cc1ccccc1)N1CCOCC1. The first-order chi connectivity index (χ1) is 13.0. The largest absolute Gasteiger partial charge is 0.379 e. The summed E-state index contributed by atoms with van der Waals surface area (Å²) in [6.45, 7) is 8.77. The lowest BCUT2D eigenvalue weighted by Gasteiger charge is -2.41. The van der Waals surface area contributed by atoms with E-state index in [1.165, 1.54) is 0 Å². The fourth-order valence-corrected chi connectivity index (χ4v) is 3.91. The fourth-order valence-electron chi connectivity index (χ4n) is 3.91. The molecule has 0 aromatic heterocycles. The minimum Gasteiger partial charge on any atom is -0.379 e. The monoisotopic (exact) mass is 373 g/mol. The third-order valence-corrected chi connectivity index (χ3v) is 5.64. The Bertz CT molecular complexity index is 641. The molecule has 0 aliphatic carbocycles. The lowest BCUT2D eigenvalue weighted by molar-refractivity contribution is -0.138. The van der Waals surface area contributed by atoms with Gasteiger partial charge in [-0.25, -0.2) is 0 Å². The molecule has 2 amide bonds. The van der Waals surface area contributed by atoms with Crippen LogP contribution in [0.25, 0.3) is 0 Å². The van der Waals surface area contributed by atoms with Gasteiger partial charge in [0.2, 0.25) is 11.8 Å². The van der Waals surface area contributed by atoms with E-state index in [9.17, 15) is 9.59 Å². The van der Waals surface area contributed by atoms with E-state index in [-0.39, 0.29) is 23.4 Å². The predicted molar refractivity (Wildman–Crippen MR) is 104 cm³/mol. The van der Waals surface area contributed by atoms with Gasteiger partial charge in [0.05, 0.1) is 19.6 Å².